The minimum absolute atomic E-state index is 0.470. The fraction of sp³-hybridized carbons (Fsp3) is 0.875. The molecule has 0 aliphatic carbocycles. The van der Waals surface area contributed by atoms with Crippen LogP contribution in [0.25, 0.3) is 0 Å². The minimum atomic E-state index is -1.35. The number of carboxylic acid groups (broad SMARTS) is 1. The number of hydrogen-bond donors (Lipinski definition) is 6. The molecule has 1 saturated heterocycles. The van der Waals surface area contributed by atoms with Crippen LogP contribution in [0.1, 0.15) is 6.92 Å². The minimum Gasteiger partial charge on any atom is -0.481 e. The van der Waals surface area contributed by atoms with Gasteiger partial charge >= 0.3 is 0 Å². The molecule has 0 aromatic heterocycles. The summed E-state index contributed by atoms with van der Waals surface area (Å²) < 4.78 is 4.70. The molecule has 0 saturated carbocycles. The SMILES string of the molecule is CC(=O)O.N[C@H]1C(O)O[C@H](CO)[C@H](O)[C@@H]1O. The molecule has 0 aromatic carbocycles. The molecule has 1 aliphatic heterocycles. The van der Waals surface area contributed by atoms with Crippen LogP contribution in [0.5, 0.6) is 0 Å². The summed E-state index contributed by atoms with van der Waals surface area (Å²) >= 11 is 0. The van der Waals surface area contributed by atoms with Crippen LogP contribution in [-0.4, -0.2) is 68.8 Å². The Bertz CT molecular complexity index is 216. The Morgan fingerprint density at radius 3 is 2.12 bits per heavy atom. The highest BCUT2D eigenvalue weighted by molar-refractivity contribution is 5.62. The van der Waals surface area contributed by atoms with Gasteiger partial charge in [-0.1, -0.05) is 0 Å². The number of carbonyl (C=O) groups is 1. The third-order valence-corrected chi connectivity index (χ3v) is 1.95. The van der Waals surface area contributed by atoms with E-state index in [-0.39, 0.29) is 0 Å². The van der Waals surface area contributed by atoms with Crippen LogP contribution in [0.4, 0.5) is 0 Å². The molecule has 5 atom stereocenters. The van der Waals surface area contributed by atoms with Crippen LogP contribution in [0.15, 0.2) is 0 Å². The molecule has 1 rings (SSSR count). The average Bonchev–Trinajstić information content (AvgIpc) is 2.19. The van der Waals surface area contributed by atoms with Crippen molar-refractivity contribution in [3.63, 3.8) is 0 Å². The van der Waals surface area contributed by atoms with Gasteiger partial charge in [0.1, 0.15) is 18.3 Å². The smallest absolute Gasteiger partial charge is 0.300 e. The number of ether oxygens (including phenoxy) is 1. The second kappa shape index (κ2) is 6.74. The lowest BCUT2D eigenvalue weighted by molar-refractivity contribution is -0.248. The van der Waals surface area contributed by atoms with E-state index in [1.165, 1.54) is 0 Å². The summed E-state index contributed by atoms with van der Waals surface area (Å²) in [6.07, 6.45) is -4.85. The van der Waals surface area contributed by atoms with Gasteiger partial charge in [0.25, 0.3) is 5.97 Å². The first-order valence-electron chi connectivity index (χ1n) is 4.56. The normalized spacial score (nSPS) is 38.5. The maximum absolute atomic E-state index is 9.20. The van der Waals surface area contributed by atoms with Crippen molar-refractivity contribution in [2.75, 3.05) is 6.61 Å². The molecule has 0 bridgehead atoms. The van der Waals surface area contributed by atoms with Crippen LogP contribution in [0, 0.1) is 0 Å². The third kappa shape index (κ3) is 4.39. The number of aliphatic carboxylic acids is 1. The van der Waals surface area contributed by atoms with Crippen molar-refractivity contribution in [1.29, 1.82) is 0 Å². The first-order chi connectivity index (χ1) is 7.31. The molecule has 16 heavy (non-hydrogen) atoms. The highest BCUT2D eigenvalue weighted by atomic mass is 16.6. The van der Waals surface area contributed by atoms with Gasteiger partial charge in [0.2, 0.25) is 0 Å². The number of aliphatic hydroxyl groups is 4. The molecule has 96 valence electrons. The summed E-state index contributed by atoms with van der Waals surface area (Å²) in [6, 6.07) is -1.04. The lowest BCUT2D eigenvalue weighted by atomic mass is 9.98. The fourth-order valence-electron chi connectivity index (χ4n) is 1.12. The largest absolute Gasteiger partial charge is 0.481 e. The third-order valence-electron chi connectivity index (χ3n) is 1.95. The second-order valence-electron chi connectivity index (χ2n) is 3.33. The van der Waals surface area contributed by atoms with Gasteiger partial charge in [-0.15, -0.1) is 0 Å². The summed E-state index contributed by atoms with van der Waals surface area (Å²) in [5, 5.41) is 43.5. The average molecular weight is 239 g/mol. The predicted octanol–water partition coefficient (Wildman–Crippen LogP) is -3.16. The second-order valence-corrected chi connectivity index (χ2v) is 3.33. The Kier molecular flexibility index (Phi) is 6.41. The van der Waals surface area contributed by atoms with Crippen molar-refractivity contribution in [1.82, 2.24) is 0 Å². The number of rotatable bonds is 1. The summed E-state index contributed by atoms with van der Waals surface area (Å²) in [5.74, 6) is -0.833. The highest BCUT2D eigenvalue weighted by Crippen LogP contribution is 2.17. The lowest BCUT2D eigenvalue weighted by Gasteiger charge is -2.38. The summed E-state index contributed by atoms with van der Waals surface area (Å²) in [7, 11) is 0. The first-order valence-corrected chi connectivity index (χ1v) is 4.56. The molecule has 1 heterocycles. The van der Waals surface area contributed by atoms with Gasteiger partial charge < -0.3 is 36.0 Å². The van der Waals surface area contributed by atoms with E-state index in [4.69, 9.17) is 30.6 Å². The zero-order valence-electron chi connectivity index (χ0n) is 8.72. The fourth-order valence-corrected chi connectivity index (χ4v) is 1.12. The van der Waals surface area contributed by atoms with Crippen molar-refractivity contribution < 1.29 is 35.1 Å². The summed E-state index contributed by atoms with van der Waals surface area (Å²) in [4.78, 5) is 9.00. The van der Waals surface area contributed by atoms with E-state index in [1.54, 1.807) is 0 Å². The van der Waals surface area contributed by atoms with Crippen molar-refractivity contribution in [3.8, 4) is 0 Å². The Hall–Kier alpha value is -0.770. The van der Waals surface area contributed by atoms with Gasteiger partial charge in [-0.2, -0.15) is 0 Å². The van der Waals surface area contributed by atoms with Gasteiger partial charge in [-0.25, -0.2) is 0 Å². The molecule has 0 amide bonds. The van der Waals surface area contributed by atoms with Gasteiger partial charge in [-0.05, 0) is 0 Å². The molecule has 1 aliphatic rings. The maximum Gasteiger partial charge on any atom is 0.300 e. The van der Waals surface area contributed by atoms with Crippen LogP contribution >= 0.6 is 0 Å². The molecule has 8 heteroatoms. The highest BCUT2D eigenvalue weighted by Gasteiger charge is 2.41. The standard InChI is InChI=1S/C6H13NO5.C2H4O2/c7-3-5(10)4(9)2(1-8)12-6(3)11;1-2(3)4/h2-6,8-11H,1,7H2;1H3,(H,3,4)/t2-,3-,4+,5-,6?;/m1./s1. The Morgan fingerprint density at radius 2 is 1.75 bits per heavy atom. The molecule has 0 spiro atoms. The summed E-state index contributed by atoms with van der Waals surface area (Å²) in [6.45, 7) is 0.613. The van der Waals surface area contributed by atoms with Crippen LogP contribution < -0.4 is 5.73 Å². The lowest BCUT2D eigenvalue weighted by Crippen LogP contribution is -2.61. The molecule has 1 fully saturated rings. The molecule has 7 N–H and O–H groups in total. The number of aliphatic hydroxyl groups excluding tert-OH is 4. The van der Waals surface area contributed by atoms with E-state index in [9.17, 15) is 10.2 Å². The van der Waals surface area contributed by atoms with Crippen molar-refractivity contribution in [3.05, 3.63) is 0 Å². The maximum atomic E-state index is 9.20. The number of carboxylic acids is 1. The topological polar surface area (TPSA) is 153 Å². The molecule has 0 radical (unpaired) electrons. The van der Waals surface area contributed by atoms with Gasteiger partial charge in [0.15, 0.2) is 6.29 Å². The van der Waals surface area contributed by atoms with Crippen LogP contribution in [-0.2, 0) is 9.53 Å². The van der Waals surface area contributed by atoms with E-state index in [2.05, 4.69) is 0 Å². The van der Waals surface area contributed by atoms with Gasteiger partial charge in [0, 0.05) is 6.92 Å². The van der Waals surface area contributed by atoms with E-state index in [1.807, 2.05) is 0 Å². The molecule has 0 aromatic rings. The molecular formula is C8H17NO7. The number of nitrogens with two attached hydrogens (primary N) is 1. The number of hydrogen-bond acceptors (Lipinski definition) is 7. The predicted molar refractivity (Wildman–Crippen MR) is 51.3 cm³/mol. The van der Waals surface area contributed by atoms with Gasteiger partial charge in [-0.3, -0.25) is 4.79 Å². The van der Waals surface area contributed by atoms with E-state index in [0.29, 0.717) is 0 Å². The van der Waals surface area contributed by atoms with E-state index in [0.717, 1.165) is 6.92 Å². The quantitative estimate of drug-likeness (QED) is 0.280. The Morgan fingerprint density at radius 1 is 1.31 bits per heavy atom. The molecule has 1 unspecified atom stereocenters. The van der Waals surface area contributed by atoms with Crippen molar-refractivity contribution in [2.45, 2.75) is 37.6 Å². The van der Waals surface area contributed by atoms with Crippen molar-refractivity contribution in [2.24, 2.45) is 5.73 Å². The first kappa shape index (κ1) is 15.2. The van der Waals surface area contributed by atoms with Gasteiger partial charge in [0.05, 0.1) is 12.6 Å². The van der Waals surface area contributed by atoms with E-state index >= 15 is 0 Å². The monoisotopic (exact) mass is 239 g/mol. The Balaban J connectivity index is 0.000000487. The van der Waals surface area contributed by atoms with E-state index < -0.39 is 43.2 Å². The zero-order chi connectivity index (χ0) is 12.9. The molecular weight excluding hydrogens is 222 g/mol. The van der Waals surface area contributed by atoms with Crippen LogP contribution in [0.3, 0.4) is 0 Å². The van der Waals surface area contributed by atoms with Crippen molar-refractivity contribution >= 4 is 5.97 Å². The Labute approximate surface area is 91.9 Å². The molecule has 8 nitrogen and oxygen atoms in total. The van der Waals surface area contributed by atoms with Crippen LogP contribution in [0.2, 0.25) is 0 Å². The zero-order valence-corrected chi connectivity index (χ0v) is 8.72. The summed E-state index contributed by atoms with van der Waals surface area (Å²) in [5.41, 5.74) is 5.26.